The van der Waals surface area contributed by atoms with Crippen molar-refractivity contribution in [2.24, 2.45) is 17.8 Å². The molecule has 178 valence electrons. The average molecular weight is 448 g/mol. The Hall–Kier alpha value is -2.33. The van der Waals surface area contributed by atoms with Crippen molar-refractivity contribution in [2.45, 2.75) is 85.3 Å². The smallest absolute Gasteiger partial charge is 0.208 e. The Kier molecular flexibility index (Phi) is 6.59. The Balaban J connectivity index is 1.82. The summed E-state index contributed by atoms with van der Waals surface area (Å²) < 4.78 is 2.46. The Morgan fingerprint density at radius 2 is 1.73 bits per heavy atom. The van der Waals surface area contributed by atoms with E-state index in [-0.39, 0.29) is 0 Å². The molecule has 1 heterocycles. The lowest BCUT2D eigenvalue weighted by molar-refractivity contribution is 0.0787. The fourth-order valence-electron chi connectivity index (χ4n) is 5.43. The van der Waals surface area contributed by atoms with Crippen LogP contribution in [0.2, 0.25) is 0 Å². The molecule has 1 aliphatic rings. The summed E-state index contributed by atoms with van der Waals surface area (Å²) in [5.41, 5.74) is 4.49. The van der Waals surface area contributed by atoms with Crippen molar-refractivity contribution in [2.75, 3.05) is 5.32 Å². The number of fused-ring (bicyclic) bond motifs is 1. The molecule has 2 aromatic carbocycles. The summed E-state index contributed by atoms with van der Waals surface area (Å²) in [5, 5.41) is 14.2. The lowest BCUT2D eigenvalue weighted by atomic mass is 9.74. The van der Waals surface area contributed by atoms with E-state index in [1.54, 1.807) is 0 Å². The molecule has 1 saturated carbocycles. The van der Waals surface area contributed by atoms with Crippen molar-refractivity contribution in [1.29, 1.82) is 0 Å². The van der Waals surface area contributed by atoms with Crippen LogP contribution in [0.25, 0.3) is 11.0 Å². The van der Waals surface area contributed by atoms with Gasteiger partial charge < -0.3 is 15.0 Å². The molecule has 0 aliphatic heterocycles. The fraction of sp³-hybridized carbons (Fsp3) is 0.552. The van der Waals surface area contributed by atoms with Gasteiger partial charge in [0.1, 0.15) is 0 Å². The second-order valence-corrected chi connectivity index (χ2v) is 11.4. The standard InChI is InChI=1S/C29H41N3O/c1-18(2)21-9-12-23(13-10-21)30-28-31-25-17-22(29(6,7)33)11-15-26(25)32(28)27-16-20(5)8-14-24(27)19(3)4/h9-13,15,17-20,24,27,33H,8,14,16H2,1-7H3,(H,30,31)/t20-,24+,27-/m1/s1. The third-order valence-corrected chi connectivity index (χ3v) is 7.55. The number of nitrogens with zero attached hydrogens (tertiary/aromatic N) is 2. The molecule has 4 rings (SSSR count). The van der Waals surface area contributed by atoms with Crippen LogP contribution in [0, 0.1) is 17.8 Å². The molecule has 0 bridgehead atoms. The summed E-state index contributed by atoms with van der Waals surface area (Å²) in [6.07, 6.45) is 3.73. The molecule has 1 aliphatic carbocycles. The summed E-state index contributed by atoms with van der Waals surface area (Å²) in [4.78, 5) is 5.07. The Bertz CT molecular complexity index is 1090. The van der Waals surface area contributed by atoms with Gasteiger partial charge in [0.25, 0.3) is 0 Å². The van der Waals surface area contributed by atoms with Crippen molar-refractivity contribution in [1.82, 2.24) is 9.55 Å². The molecule has 3 aromatic rings. The largest absolute Gasteiger partial charge is 0.386 e. The van der Waals surface area contributed by atoms with Crippen LogP contribution in [-0.4, -0.2) is 14.7 Å². The Morgan fingerprint density at radius 3 is 2.33 bits per heavy atom. The van der Waals surface area contributed by atoms with Gasteiger partial charge in [0, 0.05) is 11.7 Å². The van der Waals surface area contributed by atoms with E-state index in [1.165, 1.54) is 24.8 Å². The lowest BCUT2D eigenvalue weighted by Crippen LogP contribution is -2.30. The maximum Gasteiger partial charge on any atom is 0.208 e. The first-order valence-electron chi connectivity index (χ1n) is 12.7. The minimum Gasteiger partial charge on any atom is -0.386 e. The van der Waals surface area contributed by atoms with Crippen molar-refractivity contribution in [3.05, 3.63) is 53.6 Å². The van der Waals surface area contributed by atoms with Gasteiger partial charge in [0.05, 0.1) is 16.6 Å². The van der Waals surface area contributed by atoms with Gasteiger partial charge in [-0.05, 0) is 85.8 Å². The first-order valence-corrected chi connectivity index (χ1v) is 12.7. The van der Waals surface area contributed by atoms with Crippen molar-refractivity contribution in [3.8, 4) is 0 Å². The molecule has 3 atom stereocenters. The molecule has 1 fully saturated rings. The summed E-state index contributed by atoms with van der Waals surface area (Å²) in [6.45, 7) is 15.2. The third kappa shape index (κ3) is 4.96. The minimum absolute atomic E-state index is 0.407. The molecule has 4 nitrogen and oxygen atoms in total. The van der Waals surface area contributed by atoms with E-state index in [2.05, 4.69) is 87.0 Å². The zero-order valence-electron chi connectivity index (χ0n) is 21.4. The summed E-state index contributed by atoms with van der Waals surface area (Å²) >= 11 is 0. The maximum absolute atomic E-state index is 10.6. The summed E-state index contributed by atoms with van der Waals surface area (Å²) in [7, 11) is 0. The zero-order valence-corrected chi connectivity index (χ0v) is 21.4. The zero-order chi connectivity index (χ0) is 23.9. The SMILES string of the molecule is CC(C)c1ccc(Nc2nc3cc(C(C)(C)O)ccc3n2[C@@H]2C[C@H](C)CC[C@H]2C(C)C)cc1. The quantitative estimate of drug-likeness (QED) is 0.406. The molecular formula is C29H41N3O. The molecule has 1 aromatic heterocycles. The predicted molar refractivity (Wildman–Crippen MR) is 139 cm³/mol. The number of rotatable bonds is 6. The number of aliphatic hydroxyl groups is 1. The van der Waals surface area contributed by atoms with Crippen molar-refractivity contribution in [3.63, 3.8) is 0 Å². The van der Waals surface area contributed by atoms with Gasteiger partial charge in [-0.15, -0.1) is 0 Å². The lowest BCUT2D eigenvalue weighted by Gasteiger charge is -2.39. The molecule has 33 heavy (non-hydrogen) atoms. The molecule has 0 radical (unpaired) electrons. The molecule has 4 heteroatoms. The highest BCUT2D eigenvalue weighted by atomic mass is 16.3. The predicted octanol–water partition coefficient (Wildman–Crippen LogP) is 7.76. The van der Waals surface area contributed by atoms with Crippen molar-refractivity contribution >= 4 is 22.7 Å². The van der Waals surface area contributed by atoms with E-state index in [4.69, 9.17) is 4.98 Å². The number of hydrogen-bond acceptors (Lipinski definition) is 3. The maximum atomic E-state index is 10.6. The van der Waals surface area contributed by atoms with E-state index >= 15 is 0 Å². The van der Waals surface area contributed by atoms with Crippen LogP contribution in [0.5, 0.6) is 0 Å². The number of nitrogens with one attached hydrogen (secondary N) is 1. The van der Waals surface area contributed by atoms with E-state index in [0.717, 1.165) is 28.2 Å². The average Bonchev–Trinajstić information content (AvgIpc) is 3.10. The summed E-state index contributed by atoms with van der Waals surface area (Å²) in [6, 6.07) is 15.4. The van der Waals surface area contributed by atoms with Crippen molar-refractivity contribution < 1.29 is 5.11 Å². The highest BCUT2D eigenvalue weighted by Crippen LogP contribution is 2.44. The molecule has 0 amide bonds. The van der Waals surface area contributed by atoms with Crippen LogP contribution in [0.4, 0.5) is 11.6 Å². The van der Waals surface area contributed by atoms with Gasteiger partial charge in [0.2, 0.25) is 5.95 Å². The van der Waals surface area contributed by atoms with E-state index in [9.17, 15) is 5.11 Å². The molecule has 0 unspecified atom stereocenters. The first kappa shape index (κ1) is 23.8. The highest BCUT2D eigenvalue weighted by molar-refractivity contribution is 5.81. The number of imidazole rings is 1. The Labute approximate surface area is 199 Å². The summed E-state index contributed by atoms with van der Waals surface area (Å²) in [5.74, 6) is 3.36. The second kappa shape index (κ2) is 9.13. The molecule has 0 spiro atoms. The normalized spacial score (nSPS) is 21.8. The van der Waals surface area contributed by atoms with Gasteiger partial charge >= 0.3 is 0 Å². The van der Waals surface area contributed by atoms with Gasteiger partial charge in [0.15, 0.2) is 0 Å². The highest BCUT2D eigenvalue weighted by Gasteiger charge is 2.34. The van der Waals surface area contributed by atoms with Crippen LogP contribution >= 0.6 is 0 Å². The number of anilines is 2. The van der Waals surface area contributed by atoms with Crippen LogP contribution in [0.3, 0.4) is 0 Å². The van der Waals surface area contributed by atoms with E-state index in [0.29, 0.717) is 29.7 Å². The van der Waals surface area contributed by atoms with Crippen LogP contribution in [0.1, 0.15) is 90.8 Å². The monoisotopic (exact) mass is 447 g/mol. The van der Waals surface area contributed by atoms with Gasteiger partial charge in [-0.1, -0.05) is 59.2 Å². The number of benzene rings is 2. The van der Waals surface area contributed by atoms with Crippen LogP contribution < -0.4 is 5.32 Å². The molecule has 0 saturated heterocycles. The van der Waals surface area contributed by atoms with Gasteiger partial charge in [-0.3, -0.25) is 0 Å². The fourth-order valence-corrected chi connectivity index (χ4v) is 5.43. The van der Waals surface area contributed by atoms with Gasteiger partial charge in [-0.2, -0.15) is 0 Å². The first-order chi connectivity index (χ1) is 15.5. The van der Waals surface area contributed by atoms with Gasteiger partial charge in [-0.25, -0.2) is 4.98 Å². The van der Waals surface area contributed by atoms with E-state index in [1.807, 2.05) is 13.8 Å². The number of hydrogen-bond donors (Lipinski definition) is 2. The number of aromatic nitrogens is 2. The van der Waals surface area contributed by atoms with Crippen LogP contribution in [0.15, 0.2) is 42.5 Å². The second-order valence-electron chi connectivity index (χ2n) is 11.4. The third-order valence-electron chi connectivity index (χ3n) is 7.55. The molecular weight excluding hydrogens is 406 g/mol. The van der Waals surface area contributed by atoms with E-state index < -0.39 is 5.60 Å². The topological polar surface area (TPSA) is 50.1 Å². The van der Waals surface area contributed by atoms with Crippen LogP contribution in [-0.2, 0) is 5.60 Å². The minimum atomic E-state index is -0.891. The molecule has 2 N–H and O–H groups in total. The Morgan fingerprint density at radius 1 is 1.03 bits per heavy atom.